The molecular weight excluding hydrogens is 252 g/mol. The summed E-state index contributed by atoms with van der Waals surface area (Å²) in [5, 5.41) is 1.59. The molecule has 0 spiro atoms. The minimum Gasteiger partial charge on any atom is -0.311 e. The third-order valence-corrected chi connectivity index (χ3v) is 3.59. The van der Waals surface area contributed by atoms with E-state index in [0.717, 1.165) is 25.1 Å². The highest BCUT2D eigenvalue weighted by atomic mass is 32.2. The van der Waals surface area contributed by atoms with Crippen LogP contribution in [0.4, 0.5) is 5.69 Å². The highest BCUT2D eigenvalue weighted by Gasteiger charge is 2.09. The van der Waals surface area contributed by atoms with Crippen LogP contribution in [-0.2, 0) is 10.1 Å². The van der Waals surface area contributed by atoms with E-state index >= 15 is 0 Å². The summed E-state index contributed by atoms with van der Waals surface area (Å²) in [5.41, 5.74) is 0.735. The molecule has 0 fully saturated rings. The van der Waals surface area contributed by atoms with Gasteiger partial charge in [0.2, 0.25) is 0 Å². The van der Waals surface area contributed by atoms with Crippen molar-refractivity contribution < 1.29 is 13.0 Å². The molecule has 102 valence electrons. The molecule has 3 N–H and O–H groups in total. The standard InChI is InChI=1S/C12H20N2O3S/c1-2-3-4-5-10-14(13)11-6-8-12(9-7-11)18(15,16)17/h6-9H,2-5,10,13H2,1H3,(H,15,16,17). The maximum Gasteiger partial charge on any atom is 0.294 e. The fourth-order valence-corrected chi connectivity index (χ4v) is 2.13. The van der Waals surface area contributed by atoms with E-state index in [1.54, 1.807) is 17.1 Å². The normalized spacial score (nSPS) is 11.5. The van der Waals surface area contributed by atoms with Crippen molar-refractivity contribution >= 4 is 15.8 Å². The lowest BCUT2D eigenvalue weighted by atomic mass is 10.2. The lowest BCUT2D eigenvalue weighted by Crippen LogP contribution is -2.31. The fourth-order valence-electron chi connectivity index (χ4n) is 1.65. The predicted molar refractivity (Wildman–Crippen MR) is 71.9 cm³/mol. The molecular formula is C12H20N2O3S. The van der Waals surface area contributed by atoms with Gasteiger partial charge in [-0.05, 0) is 30.7 Å². The predicted octanol–water partition coefficient (Wildman–Crippen LogP) is 2.19. The molecule has 0 aromatic heterocycles. The number of unbranched alkanes of at least 4 members (excludes halogenated alkanes) is 3. The van der Waals surface area contributed by atoms with Gasteiger partial charge in [-0.25, -0.2) is 5.84 Å². The summed E-state index contributed by atoms with van der Waals surface area (Å²) in [6.45, 7) is 2.87. The van der Waals surface area contributed by atoms with Crippen LogP contribution in [0.3, 0.4) is 0 Å². The second-order valence-electron chi connectivity index (χ2n) is 4.22. The highest BCUT2D eigenvalue weighted by Crippen LogP contribution is 2.16. The topological polar surface area (TPSA) is 83.6 Å². The Bertz CT molecular complexity index is 457. The van der Waals surface area contributed by atoms with Crippen LogP contribution < -0.4 is 10.9 Å². The zero-order valence-corrected chi connectivity index (χ0v) is 11.4. The second kappa shape index (κ2) is 6.72. The first-order valence-electron chi connectivity index (χ1n) is 6.05. The third kappa shape index (κ3) is 4.64. The molecule has 18 heavy (non-hydrogen) atoms. The van der Waals surface area contributed by atoms with Gasteiger partial charge in [0.1, 0.15) is 0 Å². The molecule has 0 atom stereocenters. The monoisotopic (exact) mass is 272 g/mol. The number of hydrogen-bond acceptors (Lipinski definition) is 4. The van der Waals surface area contributed by atoms with Crippen LogP contribution in [0.1, 0.15) is 32.6 Å². The molecule has 0 amide bonds. The number of benzene rings is 1. The molecule has 1 aromatic carbocycles. The van der Waals surface area contributed by atoms with E-state index in [4.69, 9.17) is 10.4 Å². The van der Waals surface area contributed by atoms with Gasteiger partial charge in [0.05, 0.1) is 10.6 Å². The molecule has 6 heteroatoms. The Kier molecular flexibility index (Phi) is 5.58. The number of anilines is 1. The molecule has 0 radical (unpaired) electrons. The molecule has 1 rings (SSSR count). The second-order valence-corrected chi connectivity index (χ2v) is 5.64. The Morgan fingerprint density at radius 2 is 1.78 bits per heavy atom. The molecule has 5 nitrogen and oxygen atoms in total. The maximum absolute atomic E-state index is 10.9. The van der Waals surface area contributed by atoms with Crippen molar-refractivity contribution in [2.75, 3.05) is 11.6 Å². The first kappa shape index (κ1) is 14.9. The Morgan fingerprint density at radius 1 is 1.17 bits per heavy atom. The molecule has 0 aliphatic rings. The zero-order valence-electron chi connectivity index (χ0n) is 10.5. The first-order chi connectivity index (χ1) is 8.45. The molecule has 0 saturated carbocycles. The Balaban J connectivity index is 2.57. The summed E-state index contributed by atoms with van der Waals surface area (Å²) < 4.78 is 30.6. The number of nitrogens with two attached hydrogens (primary N) is 1. The van der Waals surface area contributed by atoms with Crippen molar-refractivity contribution in [3.63, 3.8) is 0 Å². The van der Waals surface area contributed by atoms with Crippen LogP contribution in [-0.4, -0.2) is 19.5 Å². The van der Waals surface area contributed by atoms with Gasteiger partial charge in [-0.3, -0.25) is 4.55 Å². The molecule has 0 heterocycles. The molecule has 0 bridgehead atoms. The fraction of sp³-hybridized carbons (Fsp3) is 0.500. The van der Waals surface area contributed by atoms with E-state index in [2.05, 4.69) is 6.92 Å². The van der Waals surface area contributed by atoms with Crippen LogP contribution in [0.2, 0.25) is 0 Å². The summed E-state index contributed by atoms with van der Waals surface area (Å²) in [6.07, 6.45) is 4.50. The van der Waals surface area contributed by atoms with E-state index in [1.807, 2.05) is 0 Å². The maximum atomic E-state index is 10.9. The Labute approximate surface area is 108 Å². The molecule has 0 saturated heterocycles. The smallest absolute Gasteiger partial charge is 0.294 e. The van der Waals surface area contributed by atoms with Gasteiger partial charge in [-0.15, -0.1) is 0 Å². The van der Waals surface area contributed by atoms with Gasteiger partial charge in [-0.2, -0.15) is 8.42 Å². The van der Waals surface area contributed by atoms with Crippen molar-refractivity contribution in [2.24, 2.45) is 5.84 Å². The quantitative estimate of drug-likeness (QED) is 0.344. The lowest BCUT2D eigenvalue weighted by Gasteiger charge is -2.18. The number of hydrazine groups is 1. The van der Waals surface area contributed by atoms with Crippen LogP contribution in [0, 0.1) is 0 Å². The summed E-state index contributed by atoms with van der Waals surface area (Å²) in [6, 6.07) is 5.86. The average molecular weight is 272 g/mol. The summed E-state index contributed by atoms with van der Waals surface area (Å²) in [5.74, 6) is 5.86. The number of nitrogens with zero attached hydrogens (tertiary/aromatic N) is 1. The first-order valence-corrected chi connectivity index (χ1v) is 7.49. The minimum absolute atomic E-state index is 0.120. The van der Waals surface area contributed by atoms with Crippen molar-refractivity contribution in [2.45, 2.75) is 37.5 Å². The third-order valence-electron chi connectivity index (χ3n) is 2.72. The molecule has 0 aliphatic carbocycles. The van der Waals surface area contributed by atoms with Gasteiger partial charge >= 0.3 is 0 Å². The van der Waals surface area contributed by atoms with Crippen LogP contribution in [0.15, 0.2) is 29.2 Å². The van der Waals surface area contributed by atoms with Gasteiger partial charge in [0, 0.05) is 6.54 Å². The van der Waals surface area contributed by atoms with Gasteiger partial charge in [0.15, 0.2) is 0 Å². The largest absolute Gasteiger partial charge is 0.311 e. The Hall–Kier alpha value is -1.11. The average Bonchev–Trinajstić information content (AvgIpc) is 2.33. The Morgan fingerprint density at radius 3 is 2.28 bits per heavy atom. The minimum atomic E-state index is -4.13. The van der Waals surface area contributed by atoms with Crippen LogP contribution in [0.25, 0.3) is 0 Å². The molecule has 1 aromatic rings. The van der Waals surface area contributed by atoms with Crippen LogP contribution in [0.5, 0.6) is 0 Å². The molecule has 0 unspecified atom stereocenters. The van der Waals surface area contributed by atoms with Crippen molar-refractivity contribution in [3.8, 4) is 0 Å². The van der Waals surface area contributed by atoms with E-state index in [9.17, 15) is 8.42 Å². The van der Waals surface area contributed by atoms with Gasteiger partial charge < -0.3 is 5.01 Å². The van der Waals surface area contributed by atoms with E-state index in [1.165, 1.54) is 25.0 Å². The van der Waals surface area contributed by atoms with Crippen molar-refractivity contribution in [1.82, 2.24) is 0 Å². The summed E-state index contributed by atoms with van der Waals surface area (Å²) in [7, 11) is -4.13. The molecule has 0 aliphatic heterocycles. The van der Waals surface area contributed by atoms with Crippen molar-refractivity contribution in [3.05, 3.63) is 24.3 Å². The van der Waals surface area contributed by atoms with Crippen LogP contribution >= 0.6 is 0 Å². The van der Waals surface area contributed by atoms with E-state index in [-0.39, 0.29) is 4.90 Å². The lowest BCUT2D eigenvalue weighted by molar-refractivity contribution is 0.483. The SMILES string of the molecule is CCCCCCN(N)c1ccc(S(=O)(=O)O)cc1. The number of hydrogen-bond donors (Lipinski definition) is 2. The number of rotatable bonds is 7. The summed E-state index contributed by atoms with van der Waals surface area (Å²) in [4.78, 5) is -0.120. The van der Waals surface area contributed by atoms with Crippen molar-refractivity contribution in [1.29, 1.82) is 0 Å². The highest BCUT2D eigenvalue weighted by molar-refractivity contribution is 7.85. The van der Waals surface area contributed by atoms with Gasteiger partial charge in [0.25, 0.3) is 10.1 Å². The van der Waals surface area contributed by atoms with Gasteiger partial charge in [-0.1, -0.05) is 26.2 Å². The van der Waals surface area contributed by atoms with E-state index in [0.29, 0.717) is 0 Å². The van der Waals surface area contributed by atoms with E-state index < -0.39 is 10.1 Å². The summed E-state index contributed by atoms with van der Waals surface area (Å²) >= 11 is 0. The zero-order chi connectivity index (χ0) is 13.6.